The molecule has 0 N–H and O–H groups in total. The Balaban J connectivity index is 1.95. The molecule has 2 aromatic heterocycles. The Morgan fingerprint density at radius 1 is 1.04 bits per heavy atom. The third kappa shape index (κ3) is 3.65. The van der Waals surface area contributed by atoms with Crippen molar-refractivity contribution in [2.45, 2.75) is 53.6 Å². The maximum atomic E-state index is 6.23. The minimum atomic E-state index is 0.506. The van der Waals surface area contributed by atoms with E-state index < -0.39 is 0 Å². The van der Waals surface area contributed by atoms with Crippen molar-refractivity contribution in [3.8, 4) is 5.75 Å². The first-order chi connectivity index (χ1) is 12.4. The maximum absolute atomic E-state index is 6.23. The lowest BCUT2D eigenvalue weighted by molar-refractivity contribution is 0.142. The third-order valence-corrected chi connectivity index (χ3v) is 4.93. The molecule has 26 heavy (non-hydrogen) atoms. The van der Waals surface area contributed by atoms with Crippen LogP contribution in [0.2, 0.25) is 0 Å². The van der Waals surface area contributed by atoms with Gasteiger partial charge in [-0.3, -0.25) is 14.9 Å². The summed E-state index contributed by atoms with van der Waals surface area (Å²) in [5.41, 5.74) is 4.07. The lowest BCUT2D eigenvalue weighted by Crippen LogP contribution is -2.39. The molecule has 0 amide bonds. The van der Waals surface area contributed by atoms with E-state index in [9.17, 15) is 0 Å². The summed E-state index contributed by atoms with van der Waals surface area (Å²) >= 11 is 0. The minimum Gasteiger partial charge on any atom is -0.491 e. The van der Waals surface area contributed by atoms with Crippen LogP contribution in [0, 0.1) is 13.8 Å². The van der Waals surface area contributed by atoms with Gasteiger partial charge in [0.05, 0.1) is 11.0 Å². The van der Waals surface area contributed by atoms with E-state index in [1.165, 1.54) is 0 Å². The molecule has 0 spiro atoms. The summed E-state index contributed by atoms with van der Waals surface area (Å²) in [5.74, 6) is 0.911. The number of benzene rings is 1. The molecule has 0 radical (unpaired) electrons. The fraction of sp³-hybridized carbons (Fsp3) is 0.455. The molecule has 0 aliphatic heterocycles. The number of pyridine rings is 2. The number of hydrogen-bond donors (Lipinski definition) is 0. The van der Waals surface area contributed by atoms with E-state index in [1.807, 2.05) is 25.3 Å². The second-order valence-corrected chi connectivity index (χ2v) is 7.51. The second kappa shape index (κ2) is 7.58. The molecule has 0 saturated carbocycles. The molecule has 0 aliphatic rings. The lowest BCUT2D eigenvalue weighted by Gasteiger charge is -2.30. The number of fused-ring (bicyclic) bond motifs is 2. The summed E-state index contributed by atoms with van der Waals surface area (Å²) < 4.78 is 6.23. The van der Waals surface area contributed by atoms with Gasteiger partial charge in [0.15, 0.2) is 0 Å². The van der Waals surface area contributed by atoms with Crippen molar-refractivity contribution in [3.63, 3.8) is 0 Å². The van der Waals surface area contributed by atoms with Crippen molar-refractivity contribution < 1.29 is 4.74 Å². The Bertz CT molecular complexity index is 910. The number of aryl methyl sites for hydroxylation is 2. The lowest BCUT2D eigenvalue weighted by atomic mass is 10.0. The molecule has 0 aliphatic carbocycles. The molecule has 0 bridgehead atoms. The van der Waals surface area contributed by atoms with Gasteiger partial charge in [-0.15, -0.1) is 0 Å². The molecule has 1 aromatic carbocycles. The third-order valence-electron chi connectivity index (χ3n) is 4.93. The largest absolute Gasteiger partial charge is 0.491 e. The Morgan fingerprint density at radius 2 is 1.77 bits per heavy atom. The van der Waals surface area contributed by atoms with Crippen molar-refractivity contribution >= 4 is 21.8 Å². The van der Waals surface area contributed by atoms with Gasteiger partial charge in [-0.2, -0.15) is 0 Å². The molecule has 4 heteroatoms. The molecule has 0 atom stereocenters. The van der Waals surface area contributed by atoms with Crippen LogP contribution in [0.4, 0.5) is 0 Å². The zero-order chi connectivity index (χ0) is 18.8. The van der Waals surface area contributed by atoms with Gasteiger partial charge in [-0.05, 0) is 53.7 Å². The summed E-state index contributed by atoms with van der Waals surface area (Å²) in [5, 5.41) is 2.19. The molecule has 0 unspecified atom stereocenters. The van der Waals surface area contributed by atoms with Gasteiger partial charge in [-0.25, -0.2) is 0 Å². The van der Waals surface area contributed by atoms with E-state index in [2.05, 4.69) is 56.6 Å². The van der Waals surface area contributed by atoms with Crippen LogP contribution in [-0.2, 0) is 0 Å². The van der Waals surface area contributed by atoms with E-state index in [0.717, 1.165) is 45.4 Å². The first-order valence-electron chi connectivity index (χ1n) is 9.42. The van der Waals surface area contributed by atoms with Crippen LogP contribution in [0.1, 0.15) is 39.0 Å². The predicted octanol–water partition coefficient (Wildman–Crippen LogP) is 4.90. The highest BCUT2D eigenvalue weighted by Crippen LogP contribution is 2.32. The van der Waals surface area contributed by atoms with E-state index in [4.69, 9.17) is 9.72 Å². The number of ether oxygens (including phenoxy) is 1. The van der Waals surface area contributed by atoms with Gasteiger partial charge >= 0.3 is 0 Å². The van der Waals surface area contributed by atoms with Crippen LogP contribution in [0.5, 0.6) is 5.75 Å². The maximum Gasteiger partial charge on any atom is 0.130 e. The summed E-state index contributed by atoms with van der Waals surface area (Å²) in [6.45, 7) is 14.6. The van der Waals surface area contributed by atoms with Crippen molar-refractivity contribution in [3.05, 3.63) is 41.7 Å². The average Bonchev–Trinajstić information content (AvgIpc) is 2.59. The van der Waals surface area contributed by atoms with Gasteiger partial charge in [0.25, 0.3) is 0 Å². The van der Waals surface area contributed by atoms with E-state index >= 15 is 0 Å². The van der Waals surface area contributed by atoms with Gasteiger partial charge < -0.3 is 4.74 Å². The first kappa shape index (κ1) is 18.6. The molecule has 0 fully saturated rings. The fourth-order valence-electron chi connectivity index (χ4n) is 3.69. The molecule has 0 saturated heterocycles. The van der Waals surface area contributed by atoms with Crippen molar-refractivity contribution in [1.29, 1.82) is 0 Å². The fourth-order valence-corrected chi connectivity index (χ4v) is 3.69. The van der Waals surface area contributed by atoms with E-state index in [0.29, 0.717) is 18.7 Å². The smallest absolute Gasteiger partial charge is 0.130 e. The summed E-state index contributed by atoms with van der Waals surface area (Å²) in [4.78, 5) is 11.7. The number of nitrogens with zero attached hydrogens (tertiary/aromatic N) is 3. The summed E-state index contributed by atoms with van der Waals surface area (Å²) in [7, 11) is 0. The van der Waals surface area contributed by atoms with Crippen LogP contribution in [0.15, 0.2) is 30.5 Å². The van der Waals surface area contributed by atoms with Gasteiger partial charge in [-0.1, -0.05) is 6.07 Å². The van der Waals surface area contributed by atoms with Crippen molar-refractivity contribution in [1.82, 2.24) is 14.9 Å². The van der Waals surface area contributed by atoms with Crippen molar-refractivity contribution in [2.75, 3.05) is 13.2 Å². The molecule has 4 nitrogen and oxygen atoms in total. The monoisotopic (exact) mass is 351 g/mol. The van der Waals surface area contributed by atoms with Gasteiger partial charge in [0.1, 0.15) is 12.4 Å². The summed E-state index contributed by atoms with van der Waals surface area (Å²) in [6.07, 6.45) is 1.83. The van der Waals surface area contributed by atoms with Crippen LogP contribution in [-0.4, -0.2) is 40.1 Å². The second-order valence-electron chi connectivity index (χ2n) is 7.51. The highest BCUT2D eigenvalue weighted by Gasteiger charge is 2.15. The minimum absolute atomic E-state index is 0.506. The normalized spacial score (nSPS) is 12.0. The molecule has 3 rings (SSSR count). The Kier molecular flexibility index (Phi) is 5.42. The quantitative estimate of drug-likeness (QED) is 0.592. The average molecular weight is 351 g/mol. The van der Waals surface area contributed by atoms with Gasteiger partial charge in [0.2, 0.25) is 0 Å². The zero-order valence-corrected chi connectivity index (χ0v) is 16.7. The van der Waals surface area contributed by atoms with E-state index in [1.54, 1.807) is 0 Å². The topological polar surface area (TPSA) is 38.2 Å². The highest BCUT2D eigenvalue weighted by atomic mass is 16.5. The Labute approximate surface area is 156 Å². The number of hydrogen-bond acceptors (Lipinski definition) is 4. The first-order valence-corrected chi connectivity index (χ1v) is 9.42. The molecule has 138 valence electrons. The van der Waals surface area contributed by atoms with E-state index in [-0.39, 0.29) is 0 Å². The Hall–Kier alpha value is -2.20. The molecular formula is C22H29N3O. The standard InChI is InChI=1S/C22H29N3O/c1-14(2)25(15(3)4)10-11-26-20-12-16(5)24-22-17(6)21-18(13-19(20)22)8-7-9-23-21/h7-9,12-15H,10-11H2,1-6H3. The molecule has 2 heterocycles. The summed E-state index contributed by atoms with van der Waals surface area (Å²) in [6, 6.07) is 9.27. The Morgan fingerprint density at radius 3 is 2.46 bits per heavy atom. The molecule has 3 aromatic rings. The zero-order valence-electron chi connectivity index (χ0n) is 16.7. The number of aromatic nitrogens is 2. The highest BCUT2D eigenvalue weighted by molar-refractivity contribution is 6.01. The van der Waals surface area contributed by atoms with Crippen LogP contribution < -0.4 is 4.74 Å². The van der Waals surface area contributed by atoms with Crippen LogP contribution >= 0.6 is 0 Å². The predicted molar refractivity (Wildman–Crippen MR) is 109 cm³/mol. The van der Waals surface area contributed by atoms with Crippen molar-refractivity contribution in [2.24, 2.45) is 0 Å². The van der Waals surface area contributed by atoms with Crippen LogP contribution in [0.25, 0.3) is 21.8 Å². The number of rotatable bonds is 6. The van der Waals surface area contributed by atoms with Gasteiger partial charge in [0, 0.05) is 52.9 Å². The molecular weight excluding hydrogens is 322 g/mol. The van der Waals surface area contributed by atoms with Crippen LogP contribution in [0.3, 0.4) is 0 Å². The SMILES string of the molecule is Cc1cc(OCCN(C(C)C)C(C)C)c2cc3cccnc3c(C)c2n1.